The summed E-state index contributed by atoms with van der Waals surface area (Å²) in [5.41, 5.74) is 6.80. The maximum Gasteiger partial charge on any atom is 0.249 e. The fourth-order valence-electron chi connectivity index (χ4n) is 3.57. The van der Waals surface area contributed by atoms with Gasteiger partial charge in [0.15, 0.2) is 0 Å². The summed E-state index contributed by atoms with van der Waals surface area (Å²) in [4.78, 5) is 28.6. The predicted molar refractivity (Wildman–Crippen MR) is 92.5 cm³/mol. The summed E-state index contributed by atoms with van der Waals surface area (Å²) in [7, 11) is 1.75. The number of halogens is 1. The highest BCUT2D eigenvalue weighted by Gasteiger charge is 2.39. The van der Waals surface area contributed by atoms with Gasteiger partial charge in [-0.25, -0.2) is 0 Å². The second-order valence-electron chi connectivity index (χ2n) is 6.35. The highest BCUT2D eigenvalue weighted by molar-refractivity contribution is 6.01. The summed E-state index contributed by atoms with van der Waals surface area (Å²) in [6.07, 6.45) is 3.17. The van der Waals surface area contributed by atoms with Crippen molar-refractivity contribution < 1.29 is 9.59 Å². The van der Waals surface area contributed by atoms with Gasteiger partial charge in [0.05, 0.1) is 0 Å². The van der Waals surface area contributed by atoms with E-state index >= 15 is 0 Å². The molecule has 1 aromatic carbocycles. The molecule has 23 heavy (non-hydrogen) atoms. The summed E-state index contributed by atoms with van der Waals surface area (Å²) in [6, 6.07) is 9.42. The first-order valence-corrected chi connectivity index (χ1v) is 7.96. The predicted octanol–water partition coefficient (Wildman–Crippen LogP) is 1.80. The molecule has 1 saturated heterocycles. The van der Waals surface area contributed by atoms with Gasteiger partial charge in [-0.2, -0.15) is 0 Å². The highest BCUT2D eigenvalue weighted by Crippen LogP contribution is 2.29. The molecule has 0 radical (unpaired) electrons. The zero-order valence-electron chi connectivity index (χ0n) is 13.4. The molecule has 5 nitrogen and oxygen atoms in total. The van der Waals surface area contributed by atoms with Crippen LogP contribution in [-0.4, -0.2) is 42.4 Å². The van der Waals surface area contributed by atoms with E-state index in [1.54, 1.807) is 16.8 Å². The van der Waals surface area contributed by atoms with Gasteiger partial charge in [-0.15, -0.1) is 12.4 Å². The average Bonchev–Trinajstić information content (AvgIpc) is 3.13. The Morgan fingerprint density at radius 1 is 1.22 bits per heavy atom. The van der Waals surface area contributed by atoms with Crippen LogP contribution in [0.1, 0.15) is 25.7 Å². The van der Waals surface area contributed by atoms with E-state index in [0.29, 0.717) is 13.0 Å². The number of hydrogen-bond donors (Lipinski definition) is 1. The van der Waals surface area contributed by atoms with Crippen molar-refractivity contribution in [2.45, 2.75) is 37.8 Å². The van der Waals surface area contributed by atoms with Crippen LogP contribution in [-0.2, 0) is 9.59 Å². The zero-order chi connectivity index (χ0) is 15.7. The van der Waals surface area contributed by atoms with E-state index in [2.05, 4.69) is 0 Å². The molecular weight excluding hydrogens is 314 g/mol. The standard InChI is InChI=1S/C17H23N3O2.ClH/c1-19(16(21)12-7-8-13(18)11-12)15-9-10-20(17(15)22)14-5-3-2-4-6-14;/h2-6,12-13,15H,7-11,18H2,1H3;1H. The number of carbonyl (C=O) groups excluding carboxylic acids is 2. The van der Waals surface area contributed by atoms with Gasteiger partial charge in [-0.05, 0) is 37.8 Å². The fraction of sp³-hybridized carbons (Fsp3) is 0.529. The van der Waals surface area contributed by atoms with Gasteiger partial charge in [0.2, 0.25) is 11.8 Å². The van der Waals surface area contributed by atoms with Crippen molar-refractivity contribution in [3.63, 3.8) is 0 Å². The van der Waals surface area contributed by atoms with Crippen molar-refractivity contribution in [3.05, 3.63) is 30.3 Å². The van der Waals surface area contributed by atoms with Gasteiger partial charge >= 0.3 is 0 Å². The molecule has 0 spiro atoms. The number of anilines is 1. The lowest BCUT2D eigenvalue weighted by molar-refractivity contribution is -0.140. The maximum atomic E-state index is 12.6. The Morgan fingerprint density at radius 2 is 1.91 bits per heavy atom. The fourth-order valence-corrected chi connectivity index (χ4v) is 3.57. The number of nitrogens with two attached hydrogens (primary N) is 1. The van der Waals surface area contributed by atoms with Crippen LogP contribution in [0.2, 0.25) is 0 Å². The van der Waals surface area contributed by atoms with E-state index in [0.717, 1.165) is 24.9 Å². The van der Waals surface area contributed by atoms with Crippen molar-refractivity contribution in [2.24, 2.45) is 11.7 Å². The molecule has 3 rings (SSSR count). The van der Waals surface area contributed by atoms with Crippen molar-refractivity contribution >= 4 is 29.9 Å². The summed E-state index contributed by atoms with van der Waals surface area (Å²) in [5, 5.41) is 0. The number of rotatable bonds is 3. The summed E-state index contributed by atoms with van der Waals surface area (Å²) >= 11 is 0. The van der Waals surface area contributed by atoms with Gasteiger partial charge < -0.3 is 15.5 Å². The Morgan fingerprint density at radius 3 is 2.52 bits per heavy atom. The zero-order valence-corrected chi connectivity index (χ0v) is 14.2. The van der Waals surface area contributed by atoms with E-state index in [1.807, 2.05) is 30.3 Å². The van der Waals surface area contributed by atoms with Gasteiger partial charge in [-0.1, -0.05) is 18.2 Å². The average molecular weight is 338 g/mol. The summed E-state index contributed by atoms with van der Waals surface area (Å²) in [5.74, 6) is 0.0733. The number of carbonyl (C=O) groups is 2. The lowest BCUT2D eigenvalue weighted by Gasteiger charge is -2.26. The first-order valence-electron chi connectivity index (χ1n) is 7.96. The first-order chi connectivity index (χ1) is 10.6. The molecule has 0 aromatic heterocycles. The van der Waals surface area contributed by atoms with Crippen LogP contribution >= 0.6 is 12.4 Å². The van der Waals surface area contributed by atoms with E-state index in [-0.39, 0.29) is 42.2 Å². The summed E-state index contributed by atoms with van der Waals surface area (Å²) < 4.78 is 0. The number of para-hydroxylation sites is 1. The van der Waals surface area contributed by atoms with Crippen molar-refractivity contribution in [3.8, 4) is 0 Å². The molecule has 1 aromatic rings. The van der Waals surface area contributed by atoms with Crippen LogP contribution in [0.4, 0.5) is 5.69 Å². The molecule has 2 aliphatic rings. The van der Waals surface area contributed by atoms with Gasteiger partial charge in [0.1, 0.15) is 6.04 Å². The third kappa shape index (κ3) is 3.51. The normalized spacial score (nSPS) is 27.0. The topological polar surface area (TPSA) is 66.6 Å². The minimum Gasteiger partial charge on any atom is -0.333 e. The van der Waals surface area contributed by atoms with Crippen LogP contribution in [0.5, 0.6) is 0 Å². The van der Waals surface area contributed by atoms with Crippen LogP contribution in [0.3, 0.4) is 0 Å². The Kier molecular flexibility index (Phi) is 5.65. The van der Waals surface area contributed by atoms with Crippen LogP contribution in [0.15, 0.2) is 30.3 Å². The van der Waals surface area contributed by atoms with Gasteiger partial charge in [0.25, 0.3) is 0 Å². The molecule has 0 bridgehead atoms. The van der Waals surface area contributed by atoms with E-state index in [4.69, 9.17) is 5.73 Å². The molecule has 6 heteroatoms. The van der Waals surface area contributed by atoms with Crippen LogP contribution < -0.4 is 10.6 Å². The first kappa shape index (κ1) is 17.8. The number of benzene rings is 1. The molecular formula is C17H24ClN3O2. The Bertz CT molecular complexity index is 566. The van der Waals surface area contributed by atoms with Gasteiger partial charge in [-0.3, -0.25) is 9.59 Å². The Balaban J connectivity index is 0.00000192. The maximum absolute atomic E-state index is 12.6. The molecule has 2 N–H and O–H groups in total. The van der Waals surface area contributed by atoms with Crippen LogP contribution in [0.25, 0.3) is 0 Å². The Labute approximate surface area is 143 Å². The van der Waals surface area contributed by atoms with E-state index in [9.17, 15) is 9.59 Å². The van der Waals surface area contributed by atoms with Crippen molar-refractivity contribution in [1.82, 2.24) is 4.90 Å². The second-order valence-corrected chi connectivity index (χ2v) is 6.35. The smallest absolute Gasteiger partial charge is 0.249 e. The summed E-state index contributed by atoms with van der Waals surface area (Å²) in [6.45, 7) is 0.662. The molecule has 1 aliphatic heterocycles. The SMILES string of the molecule is CN(C(=O)C1CCC(N)C1)C1CCN(c2ccccc2)C1=O.Cl. The molecule has 126 valence electrons. The second kappa shape index (κ2) is 7.32. The third-order valence-corrected chi connectivity index (χ3v) is 4.88. The lowest BCUT2D eigenvalue weighted by Crippen LogP contribution is -2.45. The van der Waals surface area contributed by atoms with Crippen LogP contribution in [0, 0.1) is 5.92 Å². The van der Waals surface area contributed by atoms with Crippen molar-refractivity contribution in [2.75, 3.05) is 18.5 Å². The monoisotopic (exact) mass is 337 g/mol. The molecule has 1 heterocycles. The molecule has 2 fully saturated rings. The largest absolute Gasteiger partial charge is 0.333 e. The Hall–Kier alpha value is -1.59. The van der Waals surface area contributed by atoms with E-state index < -0.39 is 0 Å². The molecule has 1 aliphatic carbocycles. The highest BCUT2D eigenvalue weighted by atomic mass is 35.5. The minimum atomic E-state index is -0.343. The third-order valence-electron chi connectivity index (χ3n) is 4.88. The van der Waals surface area contributed by atoms with Gasteiger partial charge in [0, 0.05) is 31.2 Å². The lowest BCUT2D eigenvalue weighted by atomic mass is 10.0. The minimum absolute atomic E-state index is 0. The molecule has 3 atom stereocenters. The number of hydrogen-bond acceptors (Lipinski definition) is 3. The quantitative estimate of drug-likeness (QED) is 0.914. The molecule has 3 unspecified atom stereocenters. The number of amides is 2. The van der Waals surface area contributed by atoms with Crippen molar-refractivity contribution in [1.29, 1.82) is 0 Å². The number of nitrogens with zero attached hydrogens (tertiary/aromatic N) is 2. The number of likely N-dealkylation sites (N-methyl/N-ethyl adjacent to an activating group) is 1. The van der Waals surface area contributed by atoms with E-state index in [1.165, 1.54) is 0 Å². The molecule has 2 amide bonds. The molecule has 1 saturated carbocycles.